The average Bonchev–Trinajstić information content (AvgIpc) is 2.46. The molecule has 0 bridgehead atoms. The van der Waals surface area contributed by atoms with Crippen molar-refractivity contribution in [2.24, 2.45) is 0 Å². The van der Waals surface area contributed by atoms with E-state index in [1.807, 2.05) is 32.9 Å². The Morgan fingerprint density at radius 3 is 2.35 bits per heavy atom. The van der Waals surface area contributed by atoms with Gasteiger partial charge in [0.25, 0.3) is 0 Å². The Bertz CT molecular complexity index is 459. The van der Waals surface area contributed by atoms with E-state index in [9.17, 15) is 9.59 Å². The molecule has 1 aromatic rings. The molecule has 0 aliphatic rings. The lowest BCUT2D eigenvalue weighted by Gasteiger charge is -2.15. The summed E-state index contributed by atoms with van der Waals surface area (Å²) in [6.45, 7) is 5.66. The molecule has 0 saturated carbocycles. The summed E-state index contributed by atoms with van der Waals surface area (Å²) in [6.07, 6.45) is 0.743. The molecule has 0 radical (unpaired) electrons. The molecular formula is C15H19ClO3S. The molecule has 0 aliphatic carbocycles. The standard InChI is InChI=1S/C15H19ClO3S/c1-4-10(2)19-15(18)11(3)20-13-7-5-12(6-8-13)14(17)9-16/h5-8,10-11H,4,9H2,1-3H3. The molecule has 0 heterocycles. The third-order valence-corrected chi connectivity index (χ3v) is 4.17. The number of thioether (sulfide) groups is 1. The summed E-state index contributed by atoms with van der Waals surface area (Å²) in [5.41, 5.74) is 0.583. The van der Waals surface area contributed by atoms with Gasteiger partial charge in [-0.05, 0) is 32.4 Å². The monoisotopic (exact) mass is 314 g/mol. The zero-order valence-corrected chi connectivity index (χ0v) is 13.5. The second-order valence-electron chi connectivity index (χ2n) is 4.50. The average molecular weight is 315 g/mol. The Morgan fingerprint density at radius 2 is 1.85 bits per heavy atom. The lowest BCUT2D eigenvalue weighted by atomic mass is 10.1. The molecule has 0 saturated heterocycles. The first-order valence-corrected chi connectivity index (χ1v) is 7.95. The quantitative estimate of drug-likeness (QED) is 0.331. The van der Waals surface area contributed by atoms with Gasteiger partial charge in [0.15, 0.2) is 5.78 Å². The number of rotatable bonds is 7. The van der Waals surface area contributed by atoms with Crippen molar-refractivity contribution in [2.45, 2.75) is 43.4 Å². The second-order valence-corrected chi connectivity index (χ2v) is 6.18. The minimum absolute atomic E-state index is 0.0237. The van der Waals surface area contributed by atoms with Gasteiger partial charge < -0.3 is 4.74 Å². The number of carbonyl (C=O) groups is 2. The van der Waals surface area contributed by atoms with Crippen molar-refractivity contribution in [1.29, 1.82) is 0 Å². The highest BCUT2D eigenvalue weighted by molar-refractivity contribution is 8.00. The topological polar surface area (TPSA) is 43.4 Å². The summed E-state index contributed by atoms with van der Waals surface area (Å²) in [7, 11) is 0. The Balaban J connectivity index is 2.60. The number of ketones is 1. The Hall–Kier alpha value is -1.00. The predicted molar refractivity (Wildman–Crippen MR) is 82.7 cm³/mol. The summed E-state index contributed by atoms with van der Waals surface area (Å²) in [5, 5.41) is -0.279. The van der Waals surface area contributed by atoms with E-state index in [1.165, 1.54) is 11.8 Å². The molecule has 2 unspecified atom stereocenters. The SMILES string of the molecule is CCC(C)OC(=O)C(C)Sc1ccc(C(=O)CCl)cc1. The number of hydrogen-bond donors (Lipinski definition) is 0. The van der Waals surface area contributed by atoms with E-state index in [0.29, 0.717) is 5.56 Å². The van der Waals surface area contributed by atoms with Crippen molar-refractivity contribution in [3.63, 3.8) is 0 Å². The molecule has 0 aromatic heterocycles. The van der Waals surface area contributed by atoms with Gasteiger partial charge in [0, 0.05) is 10.5 Å². The Labute approximate surface area is 129 Å². The number of esters is 1. The minimum Gasteiger partial charge on any atom is -0.462 e. The summed E-state index contributed by atoms with van der Waals surface area (Å²) in [5.74, 6) is -0.345. The third-order valence-electron chi connectivity index (χ3n) is 2.83. The van der Waals surface area contributed by atoms with Crippen molar-refractivity contribution >= 4 is 35.1 Å². The Morgan fingerprint density at radius 1 is 1.25 bits per heavy atom. The zero-order valence-electron chi connectivity index (χ0n) is 11.9. The highest BCUT2D eigenvalue weighted by Gasteiger charge is 2.18. The maximum atomic E-state index is 11.8. The van der Waals surface area contributed by atoms with Crippen molar-refractivity contribution in [3.05, 3.63) is 29.8 Å². The van der Waals surface area contributed by atoms with E-state index in [1.54, 1.807) is 12.1 Å². The molecular weight excluding hydrogens is 296 g/mol. The number of ether oxygens (including phenoxy) is 1. The maximum absolute atomic E-state index is 11.8. The fourth-order valence-corrected chi connectivity index (χ4v) is 2.43. The maximum Gasteiger partial charge on any atom is 0.319 e. The molecule has 1 aromatic carbocycles. The van der Waals surface area contributed by atoms with E-state index in [-0.39, 0.29) is 29.0 Å². The van der Waals surface area contributed by atoms with E-state index in [4.69, 9.17) is 16.3 Å². The highest BCUT2D eigenvalue weighted by atomic mass is 35.5. The fourth-order valence-electron chi connectivity index (χ4n) is 1.43. The first kappa shape index (κ1) is 17.1. The summed E-state index contributed by atoms with van der Waals surface area (Å²) in [6, 6.07) is 7.08. The molecule has 0 spiro atoms. The molecule has 0 aliphatic heterocycles. The first-order chi connectivity index (χ1) is 9.47. The molecule has 0 amide bonds. The fraction of sp³-hybridized carbons (Fsp3) is 0.467. The van der Waals surface area contributed by atoms with Crippen LogP contribution in [0.1, 0.15) is 37.6 Å². The van der Waals surface area contributed by atoms with Gasteiger partial charge in [0.1, 0.15) is 5.25 Å². The van der Waals surface area contributed by atoms with E-state index < -0.39 is 0 Å². The number of Topliss-reactive ketones (excluding diaryl/α,β-unsaturated/α-hetero) is 1. The van der Waals surface area contributed by atoms with Gasteiger partial charge in [-0.25, -0.2) is 0 Å². The lowest BCUT2D eigenvalue weighted by molar-refractivity contribution is -0.147. The van der Waals surface area contributed by atoms with Gasteiger partial charge in [-0.3, -0.25) is 9.59 Å². The van der Waals surface area contributed by atoms with Crippen molar-refractivity contribution < 1.29 is 14.3 Å². The van der Waals surface area contributed by atoms with Crippen LogP contribution < -0.4 is 0 Å². The smallest absolute Gasteiger partial charge is 0.319 e. The van der Waals surface area contributed by atoms with Crippen LogP contribution in [-0.4, -0.2) is 29.0 Å². The predicted octanol–water partition coefficient (Wildman–Crippen LogP) is 3.93. The highest BCUT2D eigenvalue weighted by Crippen LogP contribution is 2.25. The van der Waals surface area contributed by atoms with Crippen molar-refractivity contribution in [2.75, 3.05) is 5.88 Å². The van der Waals surface area contributed by atoms with Crippen LogP contribution in [0.4, 0.5) is 0 Å². The number of benzene rings is 1. The molecule has 2 atom stereocenters. The van der Waals surface area contributed by atoms with Crippen molar-refractivity contribution in [1.82, 2.24) is 0 Å². The van der Waals surface area contributed by atoms with Crippen LogP contribution in [0.5, 0.6) is 0 Å². The number of alkyl halides is 1. The molecule has 1 rings (SSSR count). The van der Waals surface area contributed by atoms with Gasteiger partial charge in [0.05, 0.1) is 12.0 Å². The minimum atomic E-state index is -0.279. The van der Waals surface area contributed by atoms with Crippen LogP contribution in [0, 0.1) is 0 Å². The van der Waals surface area contributed by atoms with Gasteiger partial charge >= 0.3 is 5.97 Å². The number of hydrogen-bond acceptors (Lipinski definition) is 4. The van der Waals surface area contributed by atoms with Crippen LogP contribution in [0.3, 0.4) is 0 Å². The normalized spacial score (nSPS) is 13.6. The summed E-state index contributed by atoms with van der Waals surface area (Å²) >= 11 is 6.91. The van der Waals surface area contributed by atoms with E-state index in [2.05, 4.69) is 0 Å². The molecule has 0 fully saturated rings. The molecule has 0 N–H and O–H groups in total. The van der Waals surface area contributed by atoms with Gasteiger partial charge in [-0.15, -0.1) is 23.4 Å². The van der Waals surface area contributed by atoms with Crippen LogP contribution in [0.2, 0.25) is 0 Å². The molecule has 20 heavy (non-hydrogen) atoms. The van der Waals surface area contributed by atoms with Crippen LogP contribution in [-0.2, 0) is 9.53 Å². The second kappa shape index (κ2) is 8.32. The number of halogens is 1. The zero-order chi connectivity index (χ0) is 15.1. The van der Waals surface area contributed by atoms with Crippen LogP contribution >= 0.6 is 23.4 Å². The number of carbonyl (C=O) groups excluding carboxylic acids is 2. The summed E-state index contributed by atoms with van der Waals surface area (Å²) in [4.78, 5) is 24.1. The van der Waals surface area contributed by atoms with Gasteiger partial charge in [-0.1, -0.05) is 19.1 Å². The van der Waals surface area contributed by atoms with E-state index >= 15 is 0 Å². The van der Waals surface area contributed by atoms with Crippen LogP contribution in [0.15, 0.2) is 29.2 Å². The molecule has 110 valence electrons. The van der Waals surface area contributed by atoms with Crippen LogP contribution in [0.25, 0.3) is 0 Å². The van der Waals surface area contributed by atoms with Gasteiger partial charge in [0.2, 0.25) is 0 Å². The largest absolute Gasteiger partial charge is 0.462 e. The molecule has 3 nitrogen and oxygen atoms in total. The Kier molecular flexibility index (Phi) is 7.10. The van der Waals surface area contributed by atoms with Gasteiger partial charge in [-0.2, -0.15) is 0 Å². The van der Waals surface area contributed by atoms with E-state index in [0.717, 1.165) is 11.3 Å². The summed E-state index contributed by atoms with van der Waals surface area (Å²) < 4.78 is 5.28. The first-order valence-electron chi connectivity index (χ1n) is 6.54. The third kappa shape index (κ3) is 5.17. The van der Waals surface area contributed by atoms with Crippen molar-refractivity contribution in [3.8, 4) is 0 Å². The molecule has 5 heteroatoms. The lowest BCUT2D eigenvalue weighted by Crippen LogP contribution is -2.21.